The third-order valence-corrected chi connectivity index (χ3v) is 2.37. The fraction of sp³-hybridized carbons (Fsp3) is 0.462. The Bertz CT molecular complexity index is 332. The number of aliphatic hydroxyl groups is 1. The summed E-state index contributed by atoms with van der Waals surface area (Å²) in [5, 5.41) is 12.2. The van der Waals surface area contributed by atoms with E-state index in [9.17, 15) is 9.90 Å². The molecule has 0 bridgehead atoms. The van der Waals surface area contributed by atoms with Gasteiger partial charge in [0.15, 0.2) is 0 Å². The number of alkyl carbamates (subject to hydrolysis) is 1. The van der Waals surface area contributed by atoms with E-state index in [1.54, 1.807) is 6.92 Å². The number of hydrogen-bond acceptors (Lipinski definition) is 3. The summed E-state index contributed by atoms with van der Waals surface area (Å²) < 4.78 is 4.69. The van der Waals surface area contributed by atoms with Gasteiger partial charge in [0.2, 0.25) is 0 Å². The highest BCUT2D eigenvalue weighted by Crippen LogP contribution is 2.04. The average Bonchev–Trinajstić information content (AvgIpc) is 2.35. The van der Waals surface area contributed by atoms with Gasteiger partial charge in [0.05, 0.1) is 12.7 Å². The number of hydrogen-bond donors (Lipinski definition) is 2. The number of amides is 1. The molecule has 102 valence electrons. The number of halogens is 1. The molecule has 0 aromatic heterocycles. The Hall–Kier alpha value is -1.26. The van der Waals surface area contributed by atoms with Gasteiger partial charge >= 0.3 is 6.09 Å². The lowest BCUT2D eigenvalue weighted by atomic mass is 10.1. The first kappa shape index (κ1) is 16.7. The molecule has 0 saturated carbocycles. The molecule has 1 unspecified atom stereocenters. The monoisotopic (exact) mass is 273 g/mol. The van der Waals surface area contributed by atoms with Crippen molar-refractivity contribution in [2.75, 3.05) is 13.2 Å². The molecular formula is C13H20ClNO3. The average molecular weight is 274 g/mol. The molecule has 5 heteroatoms. The Kier molecular flexibility index (Phi) is 9.06. The van der Waals surface area contributed by atoms with Crippen LogP contribution in [0, 0.1) is 0 Å². The molecule has 0 aliphatic carbocycles. The number of benzene rings is 1. The number of aliphatic hydroxyl groups excluding tert-OH is 1. The summed E-state index contributed by atoms with van der Waals surface area (Å²) in [6.45, 7) is 2.31. The van der Waals surface area contributed by atoms with Crippen LogP contribution in [0.5, 0.6) is 0 Å². The Morgan fingerprint density at radius 1 is 1.39 bits per heavy atom. The van der Waals surface area contributed by atoms with Gasteiger partial charge in [0, 0.05) is 6.54 Å². The SMILES string of the molecule is CCOC(=O)NCC(O)CCc1ccccc1.Cl. The molecule has 1 amide bonds. The minimum absolute atomic E-state index is 0. The standard InChI is InChI=1S/C13H19NO3.ClH/c1-2-17-13(16)14-10-12(15)9-8-11-6-4-3-5-7-11;/h3-7,12,15H,2,8-10H2,1H3,(H,14,16);1H. The normalized spacial score (nSPS) is 11.2. The molecule has 0 spiro atoms. The second kappa shape index (κ2) is 9.74. The molecule has 1 aromatic carbocycles. The number of carbonyl (C=O) groups is 1. The van der Waals surface area contributed by atoms with Crippen molar-refractivity contribution in [2.24, 2.45) is 0 Å². The summed E-state index contributed by atoms with van der Waals surface area (Å²) >= 11 is 0. The zero-order valence-electron chi connectivity index (χ0n) is 10.5. The topological polar surface area (TPSA) is 58.6 Å². The Morgan fingerprint density at radius 2 is 2.06 bits per heavy atom. The zero-order chi connectivity index (χ0) is 12.5. The molecule has 0 aliphatic heterocycles. The van der Waals surface area contributed by atoms with E-state index < -0.39 is 12.2 Å². The van der Waals surface area contributed by atoms with Crippen LogP contribution in [0.3, 0.4) is 0 Å². The van der Waals surface area contributed by atoms with Gasteiger partial charge in [-0.25, -0.2) is 4.79 Å². The number of aryl methyl sites for hydroxylation is 1. The van der Waals surface area contributed by atoms with E-state index in [4.69, 9.17) is 4.74 Å². The molecule has 4 nitrogen and oxygen atoms in total. The highest BCUT2D eigenvalue weighted by Gasteiger charge is 2.07. The smallest absolute Gasteiger partial charge is 0.407 e. The van der Waals surface area contributed by atoms with Gasteiger partial charge in [0.1, 0.15) is 0 Å². The Morgan fingerprint density at radius 3 is 2.67 bits per heavy atom. The van der Waals surface area contributed by atoms with Gasteiger partial charge in [-0.2, -0.15) is 0 Å². The van der Waals surface area contributed by atoms with Crippen LogP contribution in [0.2, 0.25) is 0 Å². The van der Waals surface area contributed by atoms with Crippen LogP contribution in [-0.2, 0) is 11.2 Å². The van der Waals surface area contributed by atoms with Crippen molar-refractivity contribution in [3.05, 3.63) is 35.9 Å². The van der Waals surface area contributed by atoms with Crippen molar-refractivity contribution >= 4 is 18.5 Å². The predicted molar refractivity (Wildman–Crippen MR) is 73.0 cm³/mol. The van der Waals surface area contributed by atoms with Crippen LogP contribution >= 0.6 is 12.4 Å². The molecule has 1 atom stereocenters. The molecular weight excluding hydrogens is 254 g/mol. The summed E-state index contributed by atoms with van der Waals surface area (Å²) in [6, 6.07) is 9.94. The van der Waals surface area contributed by atoms with Crippen molar-refractivity contribution in [2.45, 2.75) is 25.9 Å². The molecule has 18 heavy (non-hydrogen) atoms. The summed E-state index contributed by atoms with van der Waals surface area (Å²) in [4.78, 5) is 11.0. The Labute approximate surface area is 114 Å². The van der Waals surface area contributed by atoms with E-state index in [-0.39, 0.29) is 19.0 Å². The molecule has 2 N–H and O–H groups in total. The van der Waals surface area contributed by atoms with Gasteiger partial charge in [-0.05, 0) is 25.3 Å². The van der Waals surface area contributed by atoms with Gasteiger partial charge in [0.25, 0.3) is 0 Å². The highest BCUT2D eigenvalue weighted by atomic mass is 35.5. The quantitative estimate of drug-likeness (QED) is 0.835. The third kappa shape index (κ3) is 7.14. The van der Waals surface area contributed by atoms with Gasteiger partial charge in [-0.1, -0.05) is 30.3 Å². The summed E-state index contributed by atoms with van der Waals surface area (Å²) in [5.41, 5.74) is 1.18. The van der Waals surface area contributed by atoms with Crippen molar-refractivity contribution in [3.63, 3.8) is 0 Å². The van der Waals surface area contributed by atoms with Crippen LogP contribution in [0.15, 0.2) is 30.3 Å². The fourth-order valence-corrected chi connectivity index (χ4v) is 1.46. The molecule has 0 fully saturated rings. The van der Waals surface area contributed by atoms with E-state index in [2.05, 4.69) is 5.32 Å². The lowest BCUT2D eigenvalue weighted by molar-refractivity contribution is 0.131. The van der Waals surface area contributed by atoms with Crippen LogP contribution in [0.25, 0.3) is 0 Å². The van der Waals surface area contributed by atoms with Crippen molar-refractivity contribution < 1.29 is 14.6 Å². The predicted octanol–water partition coefficient (Wildman–Crippen LogP) is 2.15. The maximum Gasteiger partial charge on any atom is 0.407 e. The number of ether oxygens (including phenoxy) is 1. The number of rotatable bonds is 6. The van der Waals surface area contributed by atoms with E-state index in [1.165, 1.54) is 5.56 Å². The van der Waals surface area contributed by atoms with Gasteiger partial charge in [-0.15, -0.1) is 12.4 Å². The zero-order valence-corrected chi connectivity index (χ0v) is 11.3. The lowest BCUT2D eigenvalue weighted by Gasteiger charge is -2.11. The van der Waals surface area contributed by atoms with Crippen LogP contribution in [0.4, 0.5) is 4.79 Å². The van der Waals surface area contributed by atoms with Crippen molar-refractivity contribution in [3.8, 4) is 0 Å². The van der Waals surface area contributed by atoms with Crippen LogP contribution in [0.1, 0.15) is 18.9 Å². The molecule has 0 aliphatic rings. The molecule has 1 aromatic rings. The van der Waals surface area contributed by atoms with E-state index in [1.807, 2.05) is 30.3 Å². The summed E-state index contributed by atoms with van der Waals surface area (Å²) in [6.07, 6.45) is 0.397. The van der Waals surface area contributed by atoms with Crippen molar-refractivity contribution in [1.29, 1.82) is 0 Å². The van der Waals surface area contributed by atoms with Gasteiger partial charge < -0.3 is 15.2 Å². The second-order valence-corrected chi connectivity index (χ2v) is 3.78. The van der Waals surface area contributed by atoms with Crippen LogP contribution in [-0.4, -0.2) is 30.5 Å². The third-order valence-electron chi connectivity index (χ3n) is 2.37. The van der Waals surface area contributed by atoms with E-state index in [0.29, 0.717) is 13.0 Å². The van der Waals surface area contributed by atoms with E-state index >= 15 is 0 Å². The first-order valence-corrected chi connectivity index (χ1v) is 5.85. The number of carbonyl (C=O) groups excluding carboxylic acids is 1. The van der Waals surface area contributed by atoms with Crippen molar-refractivity contribution in [1.82, 2.24) is 5.32 Å². The largest absolute Gasteiger partial charge is 0.450 e. The van der Waals surface area contributed by atoms with Gasteiger partial charge in [-0.3, -0.25) is 0 Å². The second-order valence-electron chi connectivity index (χ2n) is 3.78. The maximum absolute atomic E-state index is 11.0. The Balaban J connectivity index is 0.00000289. The lowest BCUT2D eigenvalue weighted by Crippen LogP contribution is -2.32. The van der Waals surface area contributed by atoms with Crippen LogP contribution < -0.4 is 5.32 Å². The highest BCUT2D eigenvalue weighted by molar-refractivity contribution is 5.85. The molecule has 1 rings (SSSR count). The maximum atomic E-state index is 11.0. The minimum atomic E-state index is -0.542. The summed E-state index contributed by atoms with van der Waals surface area (Å²) in [5.74, 6) is 0. The fourth-order valence-electron chi connectivity index (χ4n) is 1.46. The minimum Gasteiger partial charge on any atom is -0.450 e. The summed E-state index contributed by atoms with van der Waals surface area (Å²) in [7, 11) is 0. The number of nitrogens with one attached hydrogen (secondary N) is 1. The molecule has 0 saturated heterocycles. The molecule has 0 radical (unpaired) electrons. The first-order chi connectivity index (χ1) is 8.22. The first-order valence-electron chi connectivity index (χ1n) is 5.85. The molecule has 0 heterocycles. The van der Waals surface area contributed by atoms with E-state index in [0.717, 1.165) is 6.42 Å².